The van der Waals surface area contributed by atoms with Crippen molar-refractivity contribution in [1.29, 1.82) is 0 Å². The molecule has 2 aliphatic carbocycles. The van der Waals surface area contributed by atoms with Crippen LogP contribution in [0.15, 0.2) is 29.4 Å². The molecule has 2 aliphatic rings. The predicted octanol–water partition coefficient (Wildman–Crippen LogP) is 4.43. The SMILES string of the molecule is CC1(C)[C@H]2CC[C@]1(C)c1nc(SCC(=O)Nc3ccccc3Cl)nnc12. The van der Waals surface area contributed by atoms with Crippen molar-refractivity contribution in [1.82, 2.24) is 15.2 Å². The average Bonchev–Trinajstić information content (AvgIpc) is 2.94. The van der Waals surface area contributed by atoms with Crippen LogP contribution in [0.4, 0.5) is 5.69 Å². The maximum Gasteiger partial charge on any atom is 0.234 e. The molecule has 0 radical (unpaired) electrons. The molecule has 1 saturated carbocycles. The quantitative estimate of drug-likeness (QED) is 0.784. The van der Waals surface area contributed by atoms with Crippen LogP contribution in [-0.2, 0) is 10.2 Å². The predicted molar refractivity (Wildman–Crippen MR) is 104 cm³/mol. The third-order valence-electron chi connectivity index (χ3n) is 6.25. The first-order chi connectivity index (χ1) is 12.3. The Morgan fingerprint density at radius 1 is 1.31 bits per heavy atom. The summed E-state index contributed by atoms with van der Waals surface area (Å²) in [5.41, 5.74) is 2.93. The van der Waals surface area contributed by atoms with Crippen molar-refractivity contribution in [2.24, 2.45) is 5.41 Å². The molecule has 4 rings (SSSR count). The molecule has 7 heteroatoms. The van der Waals surface area contributed by atoms with Crippen LogP contribution in [0.5, 0.6) is 0 Å². The van der Waals surface area contributed by atoms with Gasteiger partial charge in [-0.3, -0.25) is 4.79 Å². The second kappa shape index (κ2) is 6.20. The lowest BCUT2D eigenvalue weighted by Gasteiger charge is -2.33. The molecule has 5 nitrogen and oxygen atoms in total. The lowest BCUT2D eigenvalue weighted by molar-refractivity contribution is -0.113. The number of anilines is 1. The smallest absolute Gasteiger partial charge is 0.234 e. The maximum atomic E-state index is 12.2. The van der Waals surface area contributed by atoms with Gasteiger partial charge in [-0.05, 0) is 30.4 Å². The Morgan fingerprint density at radius 2 is 2.08 bits per heavy atom. The zero-order valence-corrected chi connectivity index (χ0v) is 16.6. The molecular weight excluding hydrogens is 368 g/mol. The minimum absolute atomic E-state index is 0.0398. The monoisotopic (exact) mass is 388 g/mol. The van der Waals surface area contributed by atoms with Crippen molar-refractivity contribution in [3.05, 3.63) is 40.7 Å². The van der Waals surface area contributed by atoms with E-state index in [2.05, 4.69) is 36.3 Å². The fourth-order valence-electron chi connectivity index (χ4n) is 4.30. The third kappa shape index (κ3) is 2.62. The van der Waals surface area contributed by atoms with Gasteiger partial charge in [0.2, 0.25) is 11.1 Å². The summed E-state index contributed by atoms with van der Waals surface area (Å²) in [6.07, 6.45) is 2.28. The van der Waals surface area contributed by atoms with E-state index in [1.54, 1.807) is 12.1 Å². The summed E-state index contributed by atoms with van der Waals surface area (Å²) in [5, 5.41) is 12.6. The van der Waals surface area contributed by atoms with Gasteiger partial charge in [0.1, 0.15) is 0 Å². The van der Waals surface area contributed by atoms with E-state index in [0.717, 1.165) is 24.2 Å². The number of hydrogen-bond donors (Lipinski definition) is 1. The molecule has 1 heterocycles. The highest BCUT2D eigenvalue weighted by atomic mass is 35.5. The Balaban J connectivity index is 1.47. The first-order valence-electron chi connectivity index (χ1n) is 8.75. The van der Waals surface area contributed by atoms with Crippen molar-refractivity contribution in [3.63, 3.8) is 0 Å². The second-order valence-corrected chi connectivity index (χ2v) is 9.14. The van der Waals surface area contributed by atoms with Gasteiger partial charge in [0.05, 0.1) is 27.9 Å². The number of hydrogen-bond acceptors (Lipinski definition) is 5. The Kier molecular flexibility index (Phi) is 4.23. The summed E-state index contributed by atoms with van der Waals surface area (Å²) < 4.78 is 0. The largest absolute Gasteiger partial charge is 0.324 e. The molecule has 2 aromatic rings. The number of nitrogens with zero attached hydrogens (tertiary/aromatic N) is 3. The number of amides is 1. The summed E-state index contributed by atoms with van der Waals surface area (Å²) in [6, 6.07) is 7.18. The molecule has 0 unspecified atom stereocenters. The lowest BCUT2D eigenvalue weighted by atomic mass is 9.70. The van der Waals surface area contributed by atoms with Gasteiger partial charge in [-0.25, -0.2) is 4.98 Å². The Labute approximate surface area is 162 Å². The van der Waals surface area contributed by atoms with Crippen LogP contribution >= 0.6 is 23.4 Å². The van der Waals surface area contributed by atoms with Crippen LogP contribution in [-0.4, -0.2) is 26.8 Å². The van der Waals surface area contributed by atoms with E-state index < -0.39 is 0 Å². The van der Waals surface area contributed by atoms with Gasteiger partial charge in [-0.1, -0.05) is 56.3 Å². The van der Waals surface area contributed by atoms with E-state index in [-0.39, 0.29) is 22.5 Å². The summed E-state index contributed by atoms with van der Waals surface area (Å²) in [4.78, 5) is 17.0. The van der Waals surface area contributed by atoms with Crippen LogP contribution in [0.2, 0.25) is 5.02 Å². The molecular formula is C19H21ClN4OS. The van der Waals surface area contributed by atoms with Gasteiger partial charge in [-0.15, -0.1) is 5.10 Å². The Bertz CT molecular complexity index is 888. The number of thioether (sulfide) groups is 1. The van der Waals surface area contributed by atoms with Crippen LogP contribution < -0.4 is 5.32 Å². The molecule has 1 aromatic heterocycles. The van der Waals surface area contributed by atoms with Gasteiger partial charge in [0.15, 0.2) is 0 Å². The van der Waals surface area contributed by atoms with E-state index in [0.29, 0.717) is 21.8 Å². The molecule has 1 amide bonds. The fraction of sp³-hybridized carbons (Fsp3) is 0.474. The van der Waals surface area contributed by atoms with Crippen molar-refractivity contribution in [2.45, 2.75) is 50.1 Å². The molecule has 26 heavy (non-hydrogen) atoms. The number of benzene rings is 1. The number of carbonyl (C=O) groups is 1. The number of halogens is 1. The summed E-state index contributed by atoms with van der Waals surface area (Å²) in [6.45, 7) is 6.89. The first-order valence-corrected chi connectivity index (χ1v) is 10.1. The van der Waals surface area contributed by atoms with Crippen molar-refractivity contribution in [2.75, 3.05) is 11.1 Å². The van der Waals surface area contributed by atoms with E-state index >= 15 is 0 Å². The molecule has 1 N–H and O–H groups in total. The molecule has 1 aromatic carbocycles. The zero-order chi connectivity index (χ0) is 18.5. The minimum Gasteiger partial charge on any atom is -0.324 e. The first kappa shape index (κ1) is 17.7. The summed E-state index contributed by atoms with van der Waals surface area (Å²) >= 11 is 7.38. The fourth-order valence-corrected chi connectivity index (χ4v) is 5.07. The number of carbonyl (C=O) groups excluding carboxylic acids is 1. The average molecular weight is 389 g/mol. The highest BCUT2D eigenvalue weighted by Gasteiger charge is 2.61. The third-order valence-corrected chi connectivity index (χ3v) is 7.42. The number of aromatic nitrogens is 3. The Hall–Kier alpha value is -1.66. The van der Waals surface area contributed by atoms with Crippen molar-refractivity contribution < 1.29 is 4.79 Å². The molecule has 1 fully saturated rings. The molecule has 2 bridgehead atoms. The van der Waals surface area contributed by atoms with E-state index in [9.17, 15) is 4.79 Å². The normalized spacial score (nSPS) is 25.2. The number of rotatable bonds is 4. The van der Waals surface area contributed by atoms with E-state index in [1.807, 2.05) is 12.1 Å². The van der Waals surface area contributed by atoms with Crippen LogP contribution in [0, 0.1) is 5.41 Å². The topological polar surface area (TPSA) is 67.8 Å². The molecule has 0 aliphatic heterocycles. The van der Waals surface area contributed by atoms with Gasteiger partial charge in [0.25, 0.3) is 0 Å². The van der Waals surface area contributed by atoms with Gasteiger partial charge >= 0.3 is 0 Å². The van der Waals surface area contributed by atoms with Gasteiger partial charge in [0, 0.05) is 11.3 Å². The van der Waals surface area contributed by atoms with Gasteiger partial charge < -0.3 is 5.32 Å². The standard InChI is InChI=1S/C19H21ClN4OS/c1-18(2)11-8-9-19(18,3)16-15(11)23-24-17(22-16)26-10-14(25)21-13-7-5-4-6-12(13)20/h4-7,11H,8-10H2,1-3H3,(H,21,25)/t11-,19+/m0/s1. The Morgan fingerprint density at radius 3 is 2.85 bits per heavy atom. The lowest BCUT2D eigenvalue weighted by Crippen LogP contribution is -2.32. The van der Waals surface area contributed by atoms with Crippen molar-refractivity contribution in [3.8, 4) is 0 Å². The summed E-state index contributed by atoms with van der Waals surface area (Å²) in [5.74, 6) is 0.514. The zero-order valence-electron chi connectivity index (χ0n) is 15.0. The van der Waals surface area contributed by atoms with Crippen LogP contribution in [0.25, 0.3) is 0 Å². The second-order valence-electron chi connectivity index (χ2n) is 7.79. The summed E-state index contributed by atoms with van der Waals surface area (Å²) in [7, 11) is 0. The number of nitrogens with one attached hydrogen (secondary N) is 1. The molecule has 2 atom stereocenters. The van der Waals surface area contributed by atoms with E-state index in [4.69, 9.17) is 16.6 Å². The van der Waals surface area contributed by atoms with E-state index in [1.165, 1.54) is 11.8 Å². The minimum atomic E-state index is -0.139. The van der Waals surface area contributed by atoms with Gasteiger partial charge in [-0.2, -0.15) is 5.10 Å². The molecule has 0 spiro atoms. The molecule has 0 saturated heterocycles. The number of fused-ring (bicyclic) bond motifs is 5. The highest BCUT2D eigenvalue weighted by Crippen LogP contribution is 2.66. The highest BCUT2D eigenvalue weighted by molar-refractivity contribution is 7.99. The molecule has 136 valence electrons. The van der Waals surface area contributed by atoms with Crippen LogP contribution in [0.1, 0.15) is 50.9 Å². The maximum absolute atomic E-state index is 12.2. The number of para-hydroxylation sites is 1. The van der Waals surface area contributed by atoms with Crippen molar-refractivity contribution >= 4 is 35.0 Å². The van der Waals surface area contributed by atoms with Crippen LogP contribution in [0.3, 0.4) is 0 Å².